The van der Waals surface area contributed by atoms with Crippen LogP contribution >= 0.6 is 0 Å². The molecule has 0 aromatic rings. The third kappa shape index (κ3) is 9.24. The molecule has 0 saturated heterocycles. The van der Waals surface area contributed by atoms with E-state index in [0.717, 1.165) is 0 Å². The number of carbonyl (C=O) groups is 2. The Balaban J connectivity index is 4.82. The topological polar surface area (TPSA) is 64.6 Å². The number of carbonyl (C=O) groups excluding carboxylic acids is 2. The van der Waals surface area contributed by atoms with E-state index >= 15 is 0 Å². The Hall–Kier alpha value is -1.10. The van der Waals surface area contributed by atoms with Gasteiger partial charge in [0.05, 0.1) is 10.8 Å². The van der Waals surface area contributed by atoms with Crippen LogP contribution in [0.25, 0.3) is 0 Å². The minimum atomic E-state index is -0.761. The van der Waals surface area contributed by atoms with Crippen LogP contribution < -0.4 is 5.32 Å². The van der Waals surface area contributed by atoms with Crippen LogP contribution in [0.15, 0.2) is 0 Å². The Morgan fingerprint density at radius 2 is 1.40 bits per heavy atom. The number of rotatable bonds is 8. The first-order valence-electron chi connectivity index (χ1n) is 9.18. The van der Waals surface area contributed by atoms with Crippen molar-refractivity contribution < 1.29 is 19.1 Å². The van der Waals surface area contributed by atoms with Crippen molar-refractivity contribution in [3.05, 3.63) is 0 Å². The van der Waals surface area contributed by atoms with Crippen molar-refractivity contribution >= 4 is 11.9 Å². The molecule has 0 aliphatic carbocycles. The lowest BCUT2D eigenvalue weighted by Crippen LogP contribution is -2.42. The Bertz CT molecular complexity index is 457. The molecular weight excluding hydrogens is 318 g/mol. The van der Waals surface area contributed by atoms with Crippen LogP contribution in [0, 0.1) is 10.8 Å². The van der Waals surface area contributed by atoms with Crippen molar-refractivity contribution in [2.75, 3.05) is 13.2 Å². The fourth-order valence-corrected chi connectivity index (χ4v) is 2.56. The van der Waals surface area contributed by atoms with Crippen LogP contribution in [0.4, 0.5) is 0 Å². The third-order valence-corrected chi connectivity index (χ3v) is 4.05. The van der Waals surface area contributed by atoms with Gasteiger partial charge < -0.3 is 14.8 Å². The van der Waals surface area contributed by atoms with Gasteiger partial charge in [0.2, 0.25) is 0 Å². The standard InChI is InChI=1S/C20H39NO4/c1-11-20(10,16(23)25-18(5,6)7)14-19(8,9)15(22)24-13-12-21-17(2,3)4/h21H,11-14H2,1-10H3. The van der Waals surface area contributed by atoms with Crippen LogP contribution in [0.3, 0.4) is 0 Å². The Morgan fingerprint density at radius 1 is 0.880 bits per heavy atom. The molecule has 0 radical (unpaired) electrons. The van der Waals surface area contributed by atoms with E-state index in [9.17, 15) is 9.59 Å². The molecule has 0 spiro atoms. The maximum absolute atomic E-state index is 12.6. The predicted octanol–water partition coefficient (Wildman–Crippen LogP) is 4.09. The molecule has 0 aromatic carbocycles. The van der Waals surface area contributed by atoms with Crippen LogP contribution in [0.2, 0.25) is 0 Å². The molecule has 0 aliphatic rings. The second-order valence-electron chi connectivity index (χ2n) is 9.79. The highest BCUT2D eigenvalue weighted by Crippen LogP contribution is 2.39. The van der Waals surface area contributed by atoms with Crippen molar-refractivity contribution in [2.24, 2.45) is 10.8 Å². The SMILES string of the molecule is CCC(C)(CC(C)(C)C(=O)OCCNC(C)(C)C)C(=O)OC(C)(C)C. The second kappa shape index (κ2) is 8.52. The molecule has 0 rings (SSSR count). The van der Waals surface area contributed by atoms with Gasteiger partial charge in [-0.2, -0.15) is 0 Å². The average molecular weight is 358 g/mol. The molecule has 0 fully saturated rings. The molecule has 148 valence electrons. The summed E-state index contributed by atoms with van der Waals surface area (Å²) in [6, 6.07) is 0. The quantitative estimate of drug-likeness (QED) is 0.523. The van der Waals surface area contributed by atoms with Crippen LogP contribution in [0.1, 0.15) is 82.1 Å². The van der Waals surface area contributed by atoms with Gasteiger partial charge in [0.1, 0.15) is 12.2 Å². The maximum atomic E-state index is 12.6. The van der Waals surface area contributed by atoms with Gasteiger partial charge in [-0.3, -0.25) is 9.59 Å². The van der Waals surface area contributed by atoms with E-state index in [1.165, 1.54) is 0 Å². The van der Waals surface area contributed by atoms with Crippen LogP contribution in [-0.2, 0) is 19.1 Å². The van der Waals surface area contributed by atoms with Gasteiger partial charge >= 0.3 is 11.9 Å². The number of esters is 2. The molecule has 5 heteroatoms. The molecule has 0 bridgehead atoms. The molecular formula is C20H39NO4. The first-order valence-corrected chi connectivity index (χ1v) is 9.18. The van der Waals surface area contributed by atoms with Gasteiger partial charge in [0.25, 0.3) is 0 Å². The summed E-state index contributed by atoms with van der Waals surface area (Å²) in [6.45, 7) is 20.1. The fourth-order valence-electron chi connectivity index (χ4n) is 2.56. The van der Waals surface area contributed by atoms with E-state index in [-0.39, 0.29) is 17.5 Å². The zero-order valence-electron chi connectivity index (χ0n) is 18.0. The lowest BCUT2D eigenvalue weighted by Gasteiger charge is -2.35. The maximum Gasteiger partial charge on any atom is 0.312 e. The molecule has 0 aliphatic heterocycles. The van der Waals surface area contributed by atoms with E-state index < -0.39 is 16.4 Å². The first kappa shape index (κ1) is 23.9. The lowest BCUT2D eigenvalue weighted by molar-refractivity contribution is -0.171. The molecule has 0 saturated carbocycles. The monoisotopic (exact) mass is 357 g/mol. The highest BCUT2D eigenvalue weighted by molar-refractivity contribution is 5.80. The summed E-state index contributed by atoms with van der Waals surface area (Å²) in [6.07, 6.45) is 0.987. The Labute approximate surface area is 154 Å². The molecule has 0 amide bonds. The van der Waals surface area contributed by atoms with Crippen molar-refractivity contribution in [3.8, 4) is 0 Å². The summed E-state index contributed by atoms with van der Waals surface area (Å²) in [4.78, 5) is 25.1. The third-order valence-electron chi connectivity index (χ3n) is 4.05. The molecule has 0 heterocycles. The molecule has 1 atom stereocenters. The Kier molecular flexibility index (Phi) is 8.15. The zero-order chi connectivity index (χ0) is 20.1. The minimum absolute atomic E-state index is 0.0145. The van der Waals surface area contributed by atoms with Gasteiger partial charge in [-0.1, -0.05) is 6.92 Å². The number of hydrogen-bond acceptors (Lipinski definition) is 5. The molecule has 0 aromatic heterocycles. The second-order valence-corrected chi connectivity index (χ2v) is 9.79. The number of ether oxygens (including phenoxy) is 2. The van der Waals surface area contributed by atoms with Crippen molar-refractivity contribution in [1.82, 2.24) is 5.32 Å². The number of nitrogens with one attached hydrogen (secondary N) is 1. The van der Waals surface area contributed by atoms with Crippen molar-refractivity contribution in [3.63, 3.8) is 0 Å². The highest BCUT2D eigenvalue weighted by Gasteiger charge is 2.43. The van der Waals surface area contributed by atoms with Crippen molar-refractivity contribution in [1.29, 1.82) is 0 Å². The van der Waals surface area contributed by atoms with Crippen molar-refractivity contribution in [2.45, 2.75) is 93.2 Å². The molecule has 25 heavy (non-hydrogen) atoms. The van der Waals surface area contributed by atoms with E-state index in [1.54, 1.807) is 0 Å². The van der Waals surface area contributed by atoms with E-state index in [4.69, 9.17) is 9.47 Å². The van der Waals surface area contributed by atoms with Gasteiger partial charge in [-0.15, -0.1) is 0 Å². The van der Waals surface area contributed by atoms with E-state index in [2.05, 4.69) is 26.1 Å². The molecule has 1 unspecified atom stereocenters. The van der Waals surface area contributed by atoms with Crippen LogP contribution in [-0.4, -0.2) is 36.2 Å². The predicted molar refractivity (Wildman–Crippen MR) is 101 cm³/mol. The Morgan fingerprint density at radius 3 is 1.80 bits per heavy atom. The summed E-state index contributed by atoms with van der Waals surface area (Å²) in [5, 5.41) is 3.28. The first-order chi connectivity index (χ1) is 11.0. The average Bonchev–Trinajstić information content (AvgIpc) is 2.39. The summed E-state index contributed by atoms with van der Waals surface area (Å²) < 4.78 is 11.0. The van der Waals surface area contributed by atoms with E-state index in [1.807, 2.05) is 48.5 Å². The van der Waals surface area contributed by atoms with Gasteiger partial charge in [0, 0.05) is 12.1 Å². The summed E-state index contributed by atoms with van der Waals surface area (Å²) in [5.41, 5.74) is -2.04. The highest BCUT2D eigenvalue weighted by atomic mass is 16.6. The minimum Gasteiger partial charge on any atom is -0.464 e. The van der Waals surface area contributed by atoms with E-state index in [0.29, 0.717) is 26.0 Å². The van der Waals surface area contributed by atoms with Gasteiger partial charge in [-0.05, 0) is 75.2 Å². The summed E-state index contributed by atoms with van der Waals surface area (Å²) in [7, 11) is 0. The summed E-state index contributed by atoms with van der Waals surface area (Å²) in [5.74, 6) is -0.552. The number of hydrogen-bond donors (Lipinski definition) is 1. The van der Waals surface area contributed by atoms with Gasteiger partial charge in [0.15, 0.2) is 0 Å². The fraction of sp³-hybridized carbons (Fsp3) is 0.900. The normalized spacial score (nSPS) is 15.4. The van der Waals surface area contributed by atoms with Gasteiger partial charge in [-0.25, -0.2) is 0 Å². The largest absolute Gasteiger partial charge is 0.464 e. The van der Waals surface area contributed by atoms with Crippen LogP contribution in [0.5, 0.6) is 0 Å². The zero-order valence-corrected chi connectivity index (χ0v) is 18.0. The summed E-state index contributed by atoms with van der Waals surface area (Å²) >= 11 is 0. The molecule has 5 nitrogen and oxygen atoms in total. The smallest absolute Gasteiger partial charge is 0.312 e. The lowest BCUT2D eigenvalue weighted by atomic mass is 9.72. The molecule has 1 N–H and O–H groups in total.